The number of aliphatic hydroxyl groups is 1. The summed E-state index contributed by atoms with van der Waals surface area (Å²) in [6.45, 7) is 0.105. The van der Waals surface area contributed by atoms with Gasteiger partial charge in [0.2, 0.25) is 0 Å². The number of anilines is 1. The Morgan fingerprint density at radius 3 is 2.00 bits per heavy atom. The molecule has 0 saturated carbocycles. The predicted octanol–water partition coefficient (Wildman–Crippen LogP) is 2.39. The Bertz CT molecular complexity index is 436. The predicted molar refractivity (Wildman–Crippen MR) is 66.2 cm³/mol. The van der Waals surface area contributed by atoms with Gasteiger partial charge in [-0.3, -0.25) is 0 Å². The van der Waals surface area contributed by atoms with E-state index < -0.39 is 0 Å². The van der Waals surface area contributed by atoms with E-state index in [1.165, 1.54) is 0 Å². The van der Waals surface area contributed by atoms with Gasteiger partial charge in [0, 0.05) is 11.6 Å². The number of aliphatic hydroxyl groups excluding tert-OH is 1. The maximum Gasteiger partial charge on any atom is 0.0540 e. The average Bonchev–Trinajstić information content (AvgIpc) is 2.34. The number of rotatable bonds is 3. The molecule has 0 heterocycles. The first kappa shape index (κ1) is 10.7. The van der Waals surface area contributed by atoms with E-state index in [2.05, 4.69) is 0 Å². The zero-order chi connectivity index (χ0) is 11.4. The second-order valence-corrected chi connectivity index (χ2v) is 3.81. The van der Waals surface area contributed by atoms with Crippen molar-refractivity contribution in [2.24, 2.45) is 0 Å². The minimum atomic E-state index is 0.0294. The van der Waals surface area contributed by atoms with Crippen molar-refractivity contribution >= 4 is 5.69 Å². The van der Waals surface area contributed by atoms with Crippen molar-refractivity contribution in [2.75, 3.05) is 12.3 Å². The van der Waals surface area contributed by atoms with Crippen molar-refractivity contribution in [3.63, 3.8) is 0 Å². The molecule has 2 heteroatoms. The summed E-state index contributed by atoms with van der Waals surface area (Å²) in [6, 6.07) is 17.6. The minimum Gasteiger partial charge on any atom is -0.399 e. The molecule has 2 aromatic carbocycles. The first-order chi connectivity index (χ1) is 7.81. The first-order valence-corrected chi connectivity index (χ1v) is 5.32. The Morgan fingerprint density at radius 1 is 0.875 bits per heavy atom. The van der Waals surface area contributed by atoms with Crippen molar-refractivity contribution in [2.45, 2.75) is 5.92 Å². The molecule has 0 aliphatic heterocycles. The number of nitrogen functional groups attached to an aromatic ring is 1. The van der Waals surface area contributed by atoms with Crippen LogP contribution in [0, 0.1) is 0 Å². The third kappa shape index (κ3) is 2.23. The van der Waals surface area contributed by atoms with Crippen LogP contribution < -0.4 is 5.73 Å². The van der Waals surface area contributed by atoms with Gasteiger partial charge < -0.3 is 10.8 Å². The Labute approximate surface area is 95.4 Å². The number of nitrogens with two attached hydrogens (primary N) is 1. The zero-order valence-electron chi connectivity index (χ0n) is 9.01. The molecular weight excluding hydrogens is 198 g/mol. The summed E-state index contributed by atoms with van der Waals surface area (Å²) in [5.74, 6) is 0.0294. The Morgan fingerprint density at radius 2 is 1.44 bits per heavy atom. The second-order valence-electron chi connectivity index (χ2n) is 3.81. The number of benzene rings is 2. The van der Waals surface area contributed by atoms with Crippen LogP contribution in [0.25, 0.3) is 0 Å². The summed E-state index contributed by atoms with van der Waals surface area (Å²) in [6.07, 6.45) is 0. The summed E-state index contributed by atoms with van der Waals surface area (Å²) in [5, 5.41) is 9.47. The molecule has 0 radical (unpaired) electrons. The van der Waals surface area contributed by atoms with Crippen LogP contribution in [0.15, 0.2) is 54.6 Å². The molecule has 0 bridgehead atoms. The van der Waals surface area contributed by atoms with Gasteiger partial charge in [-0.25, -0.2) is 0 Å². The molecule has 2 nitrogen and oxygen atoms in total. The van der Waals surface area contributed by atoms with Gasteiger partial charge >= 0.3 is 0 Å². The van der Waals surface area contributed by atoms with Gasteiger partial charge in [0.05, 0.1) is 6.61 Å². The molecule has 0 aliphatic rings. The van der Waals surface area contributed by atoms with Crippen LogP contribution in [-0.2, 0) is 0 Å². The van der Waals surface area contributed by atoms with Crippen LogP contribution in [0.4, 0.5) is 5.69 Å². The molecule has 16 heavy (non-hydrogen) atoms. The van der Waals surface area contributed by atoms with E-state index in [4.69, 9.17) is 5.73 Å². The summed E-state index contributed by atoms with van der Waals surface area (Å²) in [7, 11) is 0. The van der Waals surface area contributed by atoms with Gasteiger partial charge in [0.1, 0.15) is 0 Å². The second kappa shape index (κ2) is 4.81. The van der Waals surface area contributed by atoms with Gasteiger partial charge in [-0.15, -0.1) is 0 Å². The largest absolute Gasteiger partial charge is 0.399 e. The highest BCUT2D eigenvalue weighted by Gasteiger charge is 2.11. The van der Waals surface area contributed by atoms with E-state index >= 15 is 0 Å². The topological polar surface area (TPSA) is 46.2 Å². The number of hydrogen-bond donors (Lipinski definition) is 2. The summed E-state index contributed by atoms with van der Waals surface area (Å²) >= 11 is 0. The van der Waals surface area contributed by atoms with E-state index in [1.807, 2.05) is 54.6 Å². The van der Waals surface area contributed by atoms with E-state index in [0.29, 0.717) is 0 Å². The third-order valence-corrected chi connectivity index (χ3v) is 2.72. The van der Waals surface area contributed by atoms with Crippen LogP contribution in [0.3, 0.4) is 0 Å². The molecule has 82 valence electrons. The maximum absolute atomic E-state index is 9.47. The van der Waals surface area contributed by atoms with Gasteiger partial charge in [-0.05, 0) is 23.3 Å². The van der Waals surface area contributed by atoms with Crippen LogP contribution in [0.2, 0.25) is 0 Å². The molecule has 0 aliphatic carbocycles. The van der Waals surface area contributed by atoms with Crippen molar-refractivity contribution in [3.05, 3.63) is 65.7 Å². The molecule has 0 spiro atoms. The lowest BCUT2D eigenvalue weighted by Crippen LogP contribution is -2.05. The fraction of sp³-hybridized carbons (Fsp3) is 0.143. The standard InChI is InChI=1S/C14H15NO/c15-13-8-6-12(7-9-13)14(10-16)11-4-2-1-3-5-11/h1-9,14,16H,10,15H2. The SMILES string of the molecule is Nc1ccc(C(CO)c2ccccc2)cc1. The highest BCUT2D eigenvalue weighted by molar-refractivity contribution is 5.42. The third-order valence-electron chi connectivity index (χ3n) is 2.72. The smallest absolute Gasteiger partial charge is 0.0540 e. The van der Waals surface area contributed by atoms with Crippen LogP contribution in [0.5, 0.6) is 0 Å². The van der Waals surface area contributed by atoms with Crippen molar-refractivity contribution in [1.82, 2.24) is 0 Å². The van der Waals surface area contributed by atoms with Gasteiger partial charge in [0.15, 0.2) is 0 Å². The fourth-order valence-corrected chi connectivity index (χ4v) is 1.82. The quantitative estimate of drug-likeness (QED) is 0.769. The fourth-order valence-electron chi connectivity index (χ4n) is 1.82. The van der Waals surface area contributed by atoms with Crippen molar-refractivity contribution in [3.8, 4) is 0 Å². The molecule has 1 atom stereocenters. The maximum atomic E-state index is 9.47. The van der Waals surface area contributed by atoms with Gasteiger partial charge in [0.25, 0.3) is 0 Å². The van der Waals surface area contributed by atoms with E-state index in [9.17, 15) is 5.11 Å². The Kier molecular flexibility index (Phi) is 3.22. The molecular formula is C14H15NO. The molecule has 3 N–H and O–H groups in total. The lowest BCUT2D eigenvalue weighted by Gasteiger charge is -2.15. The molecule has 1 unspecified atom stereocenters. The number of hydrogen-bond acceptors (Lipinski definition) is 2. The molecule has 0 saturated heterocycles. The first-order valence-electron chi connectivity index (χ1n) is 5.32. The van der Waals surface area contributed by atoms with Gasteiger partial charge in [-0.1, -0.05) is 42.5 Å². The molecule has 2 aromatic rings. The highest BCUT2D eigenvalue weighted by Crippen LogP contribution is 2.24. The normalized spacial score (nSPS) is 12.3. The summed E-state index contributed by atoms with van der Waals surface area (Å²) in [5.41, 5.74) is 8.59. The molecule has 2 rings (SSSR count). The molecule has 0 amide bonds. The molecule has 0 fully saturated rings. The Balaban J connectivity index is 2.33. The van der Waals surface area contributed by atoms with E-state index in [0.717, 1.165) is 16.8 Å². The van der Waals surface area contributed by atoms with Crippen molar-refractivity contribution in [1.29, 1.82) is 0 Å². The average molecular weight is 213 g/mol. The zero-order valence-corrected chi connectivity index (χ0v) is 9.01. The Hall–Kier alpha value is -1.80. The van der Waals surface area contributed by atoms with E-state index in [-0.39, 0.29) is 12.5 Å². The molecule has 0 aromatic heterocycles. The minimum absolute atomic E-state index is 0.0294. The summed E-state index contributed by atoms with van der Waals surface area (Å²) in [4.78, 5) is 0. The van der Waals surface area contributed by atoms with Crippen LogP contribution >= 0.6 is 0 Å². The van der Waals surface area contributed by atoms with Crippen LogP contribution in [-0.4, -0.2) is 11.7 Å². The van der Waals surface area contributed by atoms with E-state index in [1.54, 1.807) is 0 Å². The lowest BCUT2D eigenvalue weighted by molar-refractivity contribution is 0.280. The van der Waals surface area contributed by atoms with Gasteiger partial charge in [-0.2, -0.15) is 0 Å². The monoisotopic (exact) mass is 213 g/mol. The highest BCUT2D eigenvalue weighted by atomic mass is 16.3. The summed E-state index contributed by atoms with van der Waals surface area (Å²) < 4.78 is 0. The van der Waals surface area contributed by atoms with Crippen LogP contribution in [0.1, 0.15) is 17.0 Å². The van der Waals surface area contributed by atoms with Crippen molar-refractivity contribution < 1.29 is 5.11 Å². The lowest BCUT2D eigenvalue weighted by atomic mass is 9.92.